The van der Waals surface area contributed by atoms with Crippen molar-refractivity contribution in [3.63, 3.8) is 0 Å². The van der Waals surface area contributed by atoms with E-state index in [0.29, 0.717) is 13.0 Å². The minimum atomic E-state index is 0.188. The van der Waals surface area contributed by atoms with Crippen LogP contribution in [0.2, 0.25) is 0 Å². The van der Waals surface area contributed by atoms with Crippen molar-refractivity contribution < 1.29 is 4.79 Å². The number of nitrogen functional groups attached to an aromatic ring is 1. The lowest BCUT2D eigenvalue weighted by Crippen LogP contribution is -2.32. The summed E-state index contributed by atoms with van der Waals surface area (Å²) in [7, 11) is 1.97. The highest BCUT2D eigenvalue weighted by Crippen LogP contribution is 2.28. The fraction of sp³-hybridized carbons (Fsp3) is 0.375. The monoisotopic (exact) mass is 284 g/mol. The van der Waals surface area contributed by atoms with Gasteiger partial charge in [-0.3, -0.25) is 4.79 Å². The van der Waals surface area contributed by atoms with E-state index >= 15 is 0 Å². The Morgan fingerprint density at radius 3 is 2.95 bits per heavy atom. The molecule has 0 atom stereocenters. The number of amides is 1. The van der Waals surface area contributed by atoms with E-state index in [1.165, 1.54) is 5.56 Å². The van der Waals surface area contributed by atoms with E-state index in [0.717, 1.165) is 36.5 Å². The van der Waals surface area contributed by atoms with E-state index in [9.17, 15) is 4.79 Å². The Morgan fingerprint density at radius 1 is 1.33 bits per heavy atom. The molecule has 5 nitrogen and oxygen atoms in total. The normalized spacial score (nSPS) is 14.9. The van der Waals surface area contributed by atoms with Crippen molar-refractivity contribution in [3.05, 3.63) is 42.0 Å². The molecule has 1 aliphatic heterocycles. The van der Waals surface area contributed by atoms with E-state index in [2.05, 4.69) is 4.98 Å². The lowest BCUT2D eigenvalue weighted by Gasteiger charge is -2.23. The van der Waals surface area contributed by atoms with Crippen molar-refractivity contribution in [1.29, 1.82) is 0 Å². The van der Waals surface area contributed by atoms with Gasteiger partial charge in [-0.2, -0.15) is 0 Å². The lowest BCUT2D eigenvalue weighted by atomic mass is 10.1. The number of nitrogens with zero attached hydrogens (tertiary/aromatic N) is 3. The Balaban J connectivity index is 1.86. The molecule has 0 bridgehead atoms. The molecule has 1 aliphatic rings. The molecular weight excluding hydrogens is 264 g/mol. The van der Waals surface area contributed by atoms with Crippen LogP contribution in [-0.4, -0.2) is 22.0 Å². The second-order valence-corrected chi connectivity index (χ2v) is 5.49. The van der Waals surface area contributed by atoms with E-state index in [4.69, 9.17) is 5.73 Å². The van der Waals surface area contributed by atoms with Crippen LogP contribution in [0.5, 0.6) is 0 Å². The third-order valence-electron chi connectivity index (χ3n) is 4.01. The number of nitrogens with two attached hydrogens (primary N) is 1. The Bertz CT molecular complexity index is 662. The van der Waals surface area contributed by atoms with Crippen LogP contribution in [0.1, 0.15) is 24.2 Å². The molecule has 0 radical (unpaired) electrons. The second-order valence-electron chi connectivity index (χ2n) is 5.49. The number of benzene rings is 1. The fourth-order valence-corrected chi connectivity index (χ4v) is 2.86. The van der Waals surface area contributed by atoms with Crippen molar-refractivity contribution >= 4 is 17.3 Å². The first-order valence-electron chi connectivity index (χ1n) is 7.30. The molecule has 110 valence electrons. The Morgan fingerprint density at radius 2 is 2.19 bits per heavy atom. The highest BCUT2D eigenvalue weighted by atomic mass is 16.2. The fourth-order valence-electron chi connectivity index (χ4n) is 2.86. The van der Waals surface area contributed by atoms with Gasteiger partial charge in [-0.25, -0.2) is 4.98 Å². The van der Waals surface area contributed by atoms with Crippen molar-refractivity contribution in [2.45, 2.75) is 25.7 Å². The van der Waals surface area contributed by atoms with Gasteiger partial charge in [0.15, 0.2) is 0 Å². The first-order chi connectivity index (χ1) is 10.1. The molecule has 1 amide bonds. The van der Waals surface area contributed by atoms with E-state index < -0.39 is 0 Å². The first kappa shape index (κ1) is 13.7. The van der Waals surface area contributed by atoms with Gasteiger partial charge in [-0.1, -0.05) is 0 Å². The molecule has 5 heteroatoms. The number of anilines is 2. The second kappa shape index (κ2) is 5.60. The highest BCUT2D eigenvalue weighted by molar-refractivity contribution is 5.95. The Kier molecular flexibility index (Phi) is 3.64. The van der Waals surface area contributed by atoms with Gasteiger partial charge >= 0.3 is 0 Å². The maximum atomic E-state index is 12.4. The van der Waals surface area contributed by atoms with Crippen LogP contribution in [0.3, 0.4) is 0 Å². The standard InChI is InChI=1S/C16H20N4O/c1-19-10-8-18-15(19)7-9-20-14-6-5-13(17)11-12(14)3-2-4-16(20)21/h5-6,8,10-11H,2-4,7,9,17H2,1H3. The van der Waals surface area contributed by atoms with Crippen LogP contribution in [0.15, 0.2) is 30.6 Å². The van der Waals surface area contributed by atoms with Crippen molar-refractivity contribution in [2.24, 2.45) is 7.05 Å². The van der Waals surface area contributed by atoms with Crippen LogP contribution >= 0.6 is 0 Å². The zero-order valence-corrected chi connectivity index (χ0v) is 12.2. The van der Waals surface area contributed by atoms with Gasteiger partial charge in [-0.05, 0) is 36.6 Å². The molecule has 1 aromatic heterocycles. The Labute approximate surface area is 124 Å². The average molecular weight is 284 g/mol. The number of carbonyl (C=O) groups excluding carboxylic acids is 1. The molecule has 2 N–H and O–H groups in total. The minimum Gasteiger partial charge on any atom is -0.399 e. The molecule has 0 saturated heterocycles. The quantitative estimate of drug-likeness (QED) is 0.876. The number of aromatic nitrogens is 2. The van der Waals surface area contributed by atoms with Gasteiger partial charge in [0.05, 0.1) is 0 Å². The third-order valence-corrected chi connectivity index (χ3v) is 4.01. The van der Waals surface area contributed by atoms with Gasteiger partial charge in [0.1, 0.15) is 5.82 Å². The first-order valence-corrected chi connectivity index (χ1v) is 7.30. The number of imidazole rings is 1. The SMILES string of the molecule is Cn1ccnc1CCN1C(=O)CCCc2cc(N)ccc21. The number of fused-ring (bicyclic) bond motifs is 1. The van der Waals surface area contributed by atoms with Crippen molar-refractivity contribution in [2.75, 3.05) is 17.2 Å². The molecule has 21 heavy (non-hydrogen) atoms. The largest absolute Gasteiger partial charge is 0.399 e. The maximum absolute atomic E-state index is 12.4. The molecular formula is C16H20N4O. The number of rotatable bonds is 3. The molecule has 1 aromatic carbocycles. The molecule has 0 fully saturated rings. The van der Waals surface area contributed by atoms with E-state index in [1.807, 2.05) is 40.9 Å². The number of hydrogen-bond acceptors (Lipinski definition) is 3. The lowest BCUT2D eigenvalue weighted by molar-refractivity contribution is -0.118. The van der Waals surface area contributed by atoms with Gasteiger partial charge in [0, 0.05) is 50.2 Å². The van der Waals surface area contributed by atoms with Gasteiger partial charge < -0.3 is 15.2 Å². The minimum absolute atomic E-state index is 0.188. The third kappa shape index (κ3) is 2.77. The summed E-state index contributed by atoms with van der Waals surface area (Å²) in [6, 6.07) is 5.82. The van der Waals surface area contributed by atoms with Crippen LogP contribution < -0.4 is 10.6 Å². The molecule has 2 heterocycles. The summed E-state index contributed by atoms with van der Waals surface area (Å²) in [5, 5.41) is 0. The van der Waals surface area contributed by atoms with Crippen molar-refractivity contribution in [1.82, 2.24) is 9.55 Å². The van der Waals surface area contributed by atoms with Gasteiger partial charge in [0.25, 0.3) is 0 Å². The molecule has 2 aromatic rings. The van der Waals surface area contributed by atoms with Crippen LogP contribution in [0.4, 0.5) is 11.4 Å². The zero-order valence-electron chi connectivity index (χ0n) is 12.2. The van der Waals surface area contributed by atoms with Crippen molar-refractivity contribution in [3.8, 4) is 0 Å². The molecule has 3 rings (SSSR count). The van der Waals surface area contributed by atoms with Gasteiger partial charge in [-0.15, -0.1) is 0 Å². The summed E-state index contributed by atoms with van der Waals surface area (Å²) in [6.45, 7) is 0.653. The smallest absolute Gasteiger partial charge is 0.227 e. The molecule has 0 spiro atoms. The van der Waals surface area contributed by atoms with Gasteiger partial charge in [0.2, 0.25) is 5.91 Å². The number of carbonyl (C=O) groups is 1. The summed E-state index contributed by atoms with van der Waals surface area (Å²) in [5.74, 6) is 1.18. The Hall–Kier alpha value is -2.30. The summed E-state index contributed by atoms with van der Waals surface area (Å²) in [5.41, 5.74) is 8.79. The van der Waals surface area contributed by atoms with E-state index in [-0.39, 0.29) is 5.91 Å². The highest BCUT2D eigenvalue weighted by Gasteiger charge is 2.22. The summed E-state index contributed by atoms with van der Waals surface area (Å²) in [4.78, 5) is 18.6. The predicted octanol–water partition coefficient (Wildman–Crippen LogP) is 1.91. The zero-order chi connectivity index (χ0) is 14.8. The summed E-state index contributed by atoms with van der Waals surface area (Å²) >= 11 is 0. The van der Waals surface area contributed by atoms with Crippen LogP contribution in [-0.2, 0) is 24.7 Å². The number of aryl methyl sites for hydroxylation is 2. The molecule has 0 unspecified atom stereocenters. The summed E-state index contributed by atoms with van der Waals surface area (Å²) < 4.78 is 1.99. The molecule has 0 aliphatic carbocycles. The van der Waals surface area contributed by atoms with E-state index in [1.54, 1.807) is 6.20 Å². The summed E-state index contributed by atoms with van der Waals surface area (Å²) in [6.07, 6.45) is 6.84. The van der Waals surface area contributed by atoms with Crippen LogP contribution in [0.25, 0.3) is 0 Å². The average Bonchev–Trinajstić information content (AvgIpc) is 2.79. The number of hydrogen-bond donors (Lipinski definition) is 1. The predicted molar refractivity (Wildman–Crippen MR) is 83.1 cm³/mol. The molecule has 0 saturated carbocycles. The van der Waals surface area contributed by atoms with Crippen LogP contribution in [0, 0.1) is 0 Å². The maximum Gasteiger partial charge on any atom is 0.227 e. The topological polar surface area (TPSA) is 64.2 Å².